The van der Waals surface area contributed by atoms with Crippen molar-refractivity contribution in [2.45, 2.75) is 13.0 Å². The molecule has 0 spiro atoms. The Hall–Kier alpha value is -4.82. The highest BCUT2D eigenvalue weighted by atomic mass is 32.1. The molecule has 0 radical (unpaired) electrons. The highest BCUT2D eigenvalue weighted by Crippen LogP contribution is 2.32. The van der Waals surface area contributed by atoms with Gasteiger partial charge in [0.15, 0.2) is 5.58 Å². The average Bonchev–Trinajstić information content (AvgIpc) is 3.62. The summed E-state index contributed by atoms with van der Waals surface area (Å²) in [7, 11) is 0. The van der Waals surface area contributed by atoms with E-state index in [0.717, 1.165) is 33.0 Å². The third kappa shape index (κ3) is 4.65. The number of rotatable bonds is 7. The summed E-state index contributed by atoms with van der Waals surface area (Å²) >= 11 is 1.33. The molecule has 2 aromatic heterocycles. The van der Waals surface area contributed by atoms with E-state index in [1.165, 1.54) is 23.7 Å². The SMILES string of the molecule is O=C(O)c1ccc(CNC(=O)c2cc(-c3cnsc3)cc3onc(Cc4ccc5ccccc5c4)c23)cc1. The largest absolute Gasteiger partial charge is 0.478 e. The molecule has 4 aromatic carbocycles. The van der Waals surface area contributed by atoms with Crippen molar-refractivity contribution >= 4 is 45.2 Å². The summed E-state index contributed by atoms with van der Waals surface area (Å²) in [4.78, 5) is 24.6. The Morgan fingerprint density at radius 2 is 1.68 bits per heavy atom. The standard InChI is InChI=1S/C30H21N3O4S/c34-29(31-15-18-5-9-21(10-6-18)30(35)36)25-13-23(24-16-32-38-17-24)14-27-28(25)26(33-37-27)12-19-7-8-20-3-1-2-4-22(20)11-19/h1-11,13-14,16-17H,12,15H2,(H,31,34)(H,35,36). The number of carboxylic acid groups (broad SMARTS) is 1. The lowest BCUT2D eigenvalue weighted by atomic mass is 9.97. The topological polar surface area (TPSA) is 105 Å². The van der Waals surface area contributed by atoms with E-state index in [2.05, 4.69) is 45.2 Å². The number of hydrogen-bond donors (Lipinski definition) is 2. The lowest BCUT2D eigenvalue weighted by molar-refractivity contribution is 0.0696. The molecule has 6 aromatic rings. The molecule has 0 bridgehead atoms. The summed E-state index contributed by atoms with van der Waals surface area (Å²) in [6, 6.07) is 24.6. The van der Waals surface area contributed by atoms with Crippen LogP contribution in [0.2, 0.25) is 0 Å². The van der Waals surface area contributed by atoms with Crippen LogP contribution in [0.3, 0.4) is 0 Å². The van der Waals surface area contributed by atoms with Crippen LogP contribution in [0.5, 0.6) is 0 Å². The average molecular weight is 520 g/mol. The molecule has 0 fully saturated rings. The number of carboxylic acids is 1. The van der Waals surface area contributed by atoms with Crippen LogP contribution < -0.4 is 5.32 Å². The summed E-state index contributed by atoms with van der Waals surface area (Å²) in [6.07, 6.45) is 2.26. The quantitative estimate of drug-likeness (QED) is 0.256. The van der Waals surface area contributed by atoms with E-state index in [0.29, 0.717) is 28.6 Å². The maximum absolute atomic E-state index is 13.5. The first-order valence-corrected chi connectivity index (χ1v) is 12.8. The number of carbonyl (C=O) groups excluding carboxylic acids is 1. The van der Waals surface area contributed by atoms with E-state index in [1.807, 2.05) is 29.6 Å². The smallest absolute Gasteiger partial charge is 0.335 e. The number of aromatic carboxylic acids is 1. The zero-order chi connectivity index (χ0) is 26.1. The van der Waals surface area contributed by atoms with Crippen LogP contribution >= 0.6 is 11.5 Å². The molecule has 1 amide bonds. The van der Waals surface area contributed by atoms with Crippen molar-refractivity contribution in [3.8, 4) is 11.1 Å². The summed E-state index contributed by atoms with van der Waals surface area (Å²) < 4.78 is 9.92. The molecule has 0 aliphatic heterocycles. The number of aromatic nitrogens is 2. The zero-order valence-electron chi connectivity index (χ0n) is 20.0. The second kappa shape index (κ2) is 9.91. The summed E-state index contributed by atoms with van der Waals surface area (Å²) in [5, 5.41) is 21.3. The number of carbonyl (C=O) groups is 2. The van der Waals surface area contributed by atoms with Crippen LogP contribution in [0.25, 0.3) is 32.9 Å². The molecular formula is C30H21N3O4S. The van der Waals surface area contributed by atoms with Crippen molar-refractivity contribution in [1.82, 2.24) is 14.8 Å². The van der Waals surface area contributed by atoms with Gasteiger partial charge in [0.05, 0.1) is 22.2 Å². The fourth-order valence-corrected chi connectivity index (χ4v) is 5.08. The van der Waals surface area contributed by atoms with E-state index in [4.69, 9.17) is 9.63 Å². The van der Waals surface area contributed by atoms with Crippen LogP contribution in [0.15, 0.2) is 95.0 Å². The number of nitrogens with one attached hydrogen (secondary N) is 1. The number of nitrogens with zero attached hydrogens (tertiary/aromatic N) is 2. The van der Waals surface area contributed by atoms with Gasteiger partial charge in [-0.25, -0.2) is 9.17 Å². The molecule has 0 atom stereocenters. The van der Waals surface area contributed by atoms with Gasteiger partial charge in [0.2, 0.25) is 0 Å². The van der Waals surface area contributed by atoms with Crippen LogP contribution in [-0.4, -0.2) is 26.5 Å². The first kappa shape index (κ1) is 23.6. The van der Waals surface area contributed by atoms with Crippen LogP contribution in [0.4, 0.5) is 0 Å². The number of fused-ring (bicyclic) bond motifs is 2. The molecule has 7 nitrogen and oxygen atoms in total. The highest BCUT2D eigenvalue weighted by molar-refractivity contribution is 7.03. The molecule has 0 saturated heterocycles. The van der Waals surface area contributed by atoms with Gasteiger partial charge in [0, 0.05) is 30.1 Å². The highest BCUT2D eigenvalue weighted by Gasteiger charge is 2.20. The Morgan fingerprint density at radius 1 is 0.895 bits per heavy atom. The van der Waals surface area contributed by atoms with Gasteiger partial charge in [-0.15, -0.1) is 0 Å². The van der Waals surface area contributed by atoms with Crippen molar-refractivity contribution < 1.29 is 19.2 Å². The fraction of sp³-hybridized carbons (Fsp3) is 0.0667. The Morgan fingerprint density at radius 3 is 2.45 bits per heavy atom. The van der Waals surface area contributed by atoms with E-state index in [-0.39, 0.29) is 18.0 Å². The number of hydrogen-bond acceptors (Lipinski definition) is 6. The lowest BCUT2D eigenvalue weighted by Gasteiger charge is -2.10. The van der Waals surface area contributed by atoms with Gasteiger partial charge in [-0.3, -0.25) is 4.79 Å². The Balaban J connectivity index is 1.35. The van der Waals surface area contributed by atoms with Gasteiger partial charge in [0.1, 0.15) is 0 Å². The molecule has 0 unspecified atom stereocenters. The van der Waals surface area contributed by atoms with Crippen LogP contribution in [0.1, 0.15) is 37.5 Å². The lowest BCUT2D eigenvalue weighted by Crippen LogP contribution is -2.23. The fourth-order valence-electron chi connectivity index (χ4n) is 4.53. The predicted molar refractivity (Wildman–Crippen MR) is 146 cm³/mol. The van der Waals surface area contributed by atoms with E-state index >= 15 is 0 Å². The maximum atomic E-state index is 13.5. The first-order valence-electron chi connectivity index (χ1n) is 12.0. The van der Waals surface area contributed by atoms with E-state index in [9.17, 15) is 9.59 Å². The Kier molecular flexibility index (Phi) is 6.15. The minimum Gasteiger partial charge on any atom is -0.478 e. The minimum absolute atomic E-state index is 0.196. The Bertz CT molecular complexity index is 1790. The van der Waals surface area contributed by atoms with Gasteiger partial charge in [-0.2, -0.15) is 0 Å². The van der Waals surface area contributed by atoms with Gasteiger partial charge in [0.25, 0.3) is 5.91 Å². The van der Waals surface area contributed by atoms with Crippen LogP contribution in [0, 0.1) is 0 Å². The molecule has 0 aliphatic carbocycles. The molecule has 0 saturated carbocycles. The second-order valence-electron chi connectivity index (χ2n) is 8.98. The van der Waals surface area contributed by atoms with Gasteiger partial charge in [-0.1, -0.05) is 59.8 Å². The van der Waals surface area contributed by atoms with Gasteiger partial charge in [-0.05, 0) is 63.3 Å². The molecular weight excluding hydrogens is 498 g/mol. The molecule has 186 valence electrons. The monoisotopic (exact) mass is 519 g/mol. The number of benzene rings is 4. The molecule has 2 heterocycles. The van der Waals surface area contributed by atoms with E-state index in [1.54, 1.807) is 18.3 Å². The zero-order valence-corrected chi connectivity index (χ0v) is 20.9. The number of amides is 1. The third-order valence-electron chi connectivity index (χ3n) is 6.49. The molecule has 2 N–H and O–H groups in total. The van der Waals surface area contributed by atoms with Crippen molar-refractivity contribution in [1.29, 1.82) is 0 Å². The first-order chi connectivity index (χ1) is 18.5. The summed E-state index contributed by atoms with van der Waals surface area (Å²) in [5.41, 5.74) is 5.43. The summed E-state index contributed by atoms with van der Waals surface area (Å²) in [6.45, 7) is 0.246. The molecule has 8 heteroatoms. The van der Waals surface area contributed by atoms with Crippen molar-refractivity contribution in [3.05, 3.63) is 118 Å². The van der Waals surface area contributed by atoms with Crippen molar-refractivity contribution in [2.24, 2.45) is 0 Å². The van der Waals surface area contributed by atoms with Crippen molar-refractivity contribution in [2.75, 3.05) is 0 Å². The maximum Gasteiger partial charge on any atom is 0.335 e. The van der Waals surface area contributed by atoms with Gasteiger partial charge < -0.3 is 14.9 Å². The van der Waals surface area contributed by atoms with Crippen molar-refractivity contribution in [3.63, 3.8) is 0 Å². The molecule has 6 rings (SSSR count). The van der Waals surface area contributed by atoms with E-state index < -0.39 is 5.97 Å². The second-order valence-corrected chi connectivity index (χ2v) is 9.64. The van der Waals surface area contributed by atoms with Gasteiger partial charge >= 0.3 is 5.97 Å². The summed E-state index contributed by atoms with van der Waals surface area (Å²) in [5.74, 6) is -1.26. The normalized spacial score (nSPS) is 11.2. The molecule has 0 aliphatic rings. The van der Waals surface area contributed by atoms with Crippen LogP contribution in [-0.2, 0) is 13.0 Å². The third-order valence-corrected chi connectivity index (χ3v) is 7.08. The Labute approximate surface area is 221 Å². The predicted octanol–water partition coefficient (Wildman–Crippen LogP) is 6.32. The molecule has 38 heavy (non-hydrogen) atoms. The minimum atomic E-state index is -0.992.